The SMILES string of the molecule is CCNC(C)c1ccc(N(CCOC)C(C)C)cc1O. The lowest BCUT2D eigenvalue weighted by molar-refractivity contribution is 0.204. The van der Waals surface area contributed by atoms with Gasteiger partial charge in [-0.3, -0.25) is 0 Å². The monoisotopic (exact) mass is 280 g/mol. The van der Waals surface area contributed by atoms with Gasteiger partial charge in [-0.05, 0) is 33.4 Å². The topological polar surface area (TPSA) is 44.7 Å². The molecule has 0 saturated carbocycles. The first-order valence-corrected chi connectivity index (χ1v) is 7.33. The maximum absolute atomic E-state index is 10.2. The van der Waals surface area contributed by atoms with E-state index in [-0.39, 0.29) is 6.04 Å². The van der Waals surface area contributed by atoms with Crippen LogP contribution in [0.5, 0.6) is 5.75 Å². The van der Waals surface area contributed by atoms with Gasteiger partial charge in [0.05, 0.1) is 6.61 Å². The average Bonchev–Trinajstić information content (AvgIpc) is 2.39. The molecule has 20 heavy (non-hydrogen) atoms. The predicted molar refractivity (Wildman–Crippen MR) is 84.6 cm³/mol. The van der Waals surface area contributed by atoms with Crippen LogP contribution in [0.2, 0.25) is 0 Å². The van der Waals surface area contributed by atoms with Gasteiger partial charge < -0.3 is 20.1 Å². The number of nitrogens with zero attached hydrogens (tertiary/aromatic N) is 1. The van der Waals surface area contributed by atoms with Crippen molar-refractivity contribution < 1.29 is 9.84 Å². The van der Waals surface area contributed by atoms with E-state index in [4.69, 9.17) is 4.74 Å². The molecule has 0 fully saturated rings. The Hall–Kier alpha value is -1.26. The summed E-state index contributed by atoms with van der Waals surface area (Å²) < 4.78 is 5.15. The van der Waals surface area contributed by atoms with Gasteiger partial charge in [0.1, 0.15) is 5.75 Å². The molecule has 1 unspecified atom stereocenters. The summed E-state index contributed by atoms with van der Waals surface area (Å²) in [5, 5.41) is 13.6. The third-order valence-corrected chi connectivity index (χ3v) is 3.48. The van der Waals surface area contributed by atoms with E-state index in [2.05, 4.69) is 44.0 Å². The summed E-state index contributed by atoms with van der Waals surface area (Å²) in [5.41, 5.74) is 1.97. The highest BCUT2D eigenvalue weighted by molar-refractivity contribution is 5.54. The lowest BCUT2D eigenvalue weighted by atomic mass is 10.1. The van der Waals surface area contributed by atoms with E-state index >= 15 is 0 Å². The standard InChI is InChI=1S/C16H28N2O2/c1-6-17-13(4)15-8-7-14(11-16(15)19)18(12(2)3)9-10-20-5/h7-8,11-13,17,19H,6,9-10H2,1-5H3. The fourth-order valence-corrected chi connectivity index (χ4v) is 2.37. The summed E-state index contributed by atoms with van der Waals surface area (Å²) in [5.74, 6) is 0.346. The molecule has 2 N–H and O–H groups in total. The largest absolute Gasteiger partial charge is 0.508 e. The minimum Gasteiger partial charge on any atom is -0.508 e. The summed E-state index contributed by atoms with van der Waals surface area (Å²) in [6, 6.07) is 6.43. The summed E-state index contributed by atoms with van der Waals surface area (Å²) in [6.07, 6.45) is 0. The van der Waals surface area contributed by atoms with Crippen molar-refractivity contribution in [2.45, 2.75) is 39.8 Å². The van der Waals surface area contributed by atoms with Crippen molar-refractivity contribution in [1.29, 1.82) is 0 Å². The average molecular weight is 280 g/mol. The Morgan fingerprint density at radius 2 is 2.00 bits per heavy atom. The molecule has 4 nitrogen and oxygen atoms in total. The van der Waals surface area contributed by atoms with Gasteiger partial charge in [0, 0.05) is 43.1 Å². The maximum Gasteiger partial charge on any atom is 0.122 e. The number of rotatable bonds is 8. The Labute approximate surface area is 122 Å². The highest BCUT2D eigenvalue weighted by atomic mass is 16.5. The van der Waals surface area contributed by atoms with E-state index in [1.54, 1.807) is 7.11 Å². The van der Waals surface area contributed by atoms with Crippen molar-refractivity contribution in [1.82, 2.24) is 5.32 Å². The molecule has 0 aliphatic carbocycles. The molecule has 4 heteroatoms. The zero-order valence-corrected chi connectivity index (χ0v) is 13.3. The highest BCUT2D eigenvalue weighted by Gasteiger charge is 2.14. The van der Waals surface area contributed by atoms with Crippen molar-refractivity contribution in [3.05, 3.63) is 23.8 Å². The molecule has 0 aliphatic heterocycles. The Bertz CT molecular complexity index is 407. The van der Waals surface area contributed by atoms with E-state index in [0.717, 1.165) is 24.3 Å². The zero-order chi connectivity index (χ0) is 15.1. The first kappa shape index (κ1) is 16.8. The zero-order valence-electron chi connectivity index (χ0n) is 13.3. The minimum absolute atomic E-state index is 0.153. The van der Waals surface area contributed by atoms with Crippen LogP contribution < -0.4 is 10.2 Å². The Kier molecular flexibility index (Phi) is 6.82. The Morgan fingerprint density at radius 3 is 2.50 bits per heavy atom. The van der Waals surface area contributed by atoms with Crippen molar-refractivity contribution in [3.8, 4) is 5.75 Å². The molecule has 1 rings (SSSR count). The van der Waals surface area contributed by atoms with Gasteiger partial charge >= 0.3 is 0 Å². The van der Waals surface area contributed by atoms with Gasteiger partial charge in [0.15, 0.2) is 0 Å². The summed E-state index contributed by atoms with van der Waals surface area (Å²) in [7, 11) is 1.71. The normalized spacial score (nSPS) is 12.7. The van der Waals surface area contributed by atoms with Gasteiger partial charge in [0.25, 0.3) is 0 Å². The maximum atomic E-state index is 10.2. The molecule has 0 bridgehead atoms. The van der Waals surface area contributed by atoms with Crippen LogP contribution in [0.15, 0.2) is 18.2 Å². The van der Waals surface area contributed by atoms with Gasteiger partial charge in [0.2, 0.25) is 0 Å². The summed E-state index contributed by atoms with van der Waals surface area (Å²) >= 11 is 0. The molecule has 0 radical (unpaired) electrons. The minimum atomic E-state index is 0.153. The predicted octanol–water partition coefficient (Wildman–Crippen LogP) is 2.92. The first-order chi connectivity index (χ1) is 9.51. The number of ether oxygens (including phenoxy) is 1. The lowest BCUT2D eigenvalue weighted by Crippen LogP contribution is -2.33. The van der Waals surface area contributed by atoms with E-state index in [9.17, 15) is 5.11 Å². The van der Waals surface area contributed by atoms with Crippen molar-refractivity contribution >= 4 is 5.69 Å². The number of hydrogen-bond acceptors (Lipinski definition) is 4. The van der Waals surface area contributed by atoms with Crippen LogP contribution in [0.25, 0.3) is 0 Å². The number of hydrogen-bond donors (Lipinski definition) is 2. The quantitative estimate of drug-likeness (QED) is 0.768. The van der Waals surface area contributed by atoms with Crippen molar-refractivity contribution in [2.75, 3.05) is 31.7 Å². The van der Waals surface area contributed by atoms with Crippen LogP contribution in [0, 0.1) is 0 Å². The lowest BCUT2D eigenvalue weighted by Gasteiger charge is -2.29. The van der Waals surface area contributed by atoms with Gasteiger partial charge in [-0.15, -0.1) is 0 Å². The second-order valence-electron chi connectivity index (χ2n) is 5.30. The van der Waals surface area contributed by atoms with Crippen LogP contribution in [0.3, 0.4) is 0 Å². The second-order valence-corrected chi connectivity index (χ2v) is 5.30. The van der Waals surface area contributed by atoms with E-state index in [1.807, 2.05) is 12.1 Å². The molecule has 0 amide bonds. The number of phenols is 1. The van der Waals surface area contributed by atoms with Gasteiger partial charge in [-0.2, -0.15) is 0 Å². The molecule has 1 atom stereocenters. The molecule has 114 valence electrons. The molecule has 0 saturated heterocycles. The fraction of sp³-hybridized carbons (Fsp3) is 0.625. The fourth-order valence-electron chi connectivity index (χ4n) is 2.37. The molecule has 1 aromatic rings. The van der Waals surface area contributed by atoms with E-state index in [0.29, 0.717) is 18.4 Å². The molecular formula is C16H28N2O2. The molecular weight excluding hydrogens is 252 g/mol. The summed E-state index contributed by atoms with van der Waals surface area (Å²) in [4.78, 5) is 2.23. The number of phenolic OH excluding ortho intramolecular Hbond substituents is 1. The van der Waals surface area contributed by atoms with E-state index in [1.165, 1.54) is 0 Å². The number of aromatic hydroxyl groups is 1. The highest BCUT2D eigenvalue weighted by Crippen LogP contribution is 2.29. The molecule has 0 heterocycles. The second kappa shape index (κ2) is 8.12. The third-order valence-electron chi connectivity index (χ3n) is 3.48. The van der Waals surface area contributed by atoms with E-state index < -0.39 is 0 Å². The third kappa shape index (κ3) is 4.39. The Morgan fingerprint density at radius 1 is 1.30 bits per heavy atom. The van der Waals surface area contributed by atoms with Gasteiger partial charge in [-0.1, -0.05) is 13.0 Å². The smallest absolute Gasteiger partial charge is 0.122 e. The number of nitrogens with one attached hydrogen (secondary N) is 1. The number of benzene rings is 1. The number of methoxy groups -OCH3 is 1. The number of anilines is 1. The Balaban J connectivity index is 2.93. The summed E-state index contributed by atoms with van der Waals surface area (Å²) in [6.45, 7) is 10.8. The van der Waals surface area contributed by atoms with Crippen LogP contribution in [0.4, 0.5) is 5.69 Å². The van der Waals surface area contributed by atoms with Gasteiger partial charge in [-0.25, -0.2) is 0 Å². The molecule has 0 aromatic heterocycles. The van der Waals surface area contributed by atoms with Crippen LogP contribution in [-0.4, -0.2) is 38.0 Å². The van der Waals surface area contributed by atoms with Crippen molar-refractivity contribution in [3.63, 3.8) is 0 Å². The molecule has 0 aliphatic rings. The molecule has 0 spiro atoms. The first-order valence-electron chi connectivity index (χ1n) is 7.33. The van der Waals surface area contributed by atoms with Crippen LogP contribution in [0.1, 0.15) is 39.3 Å². The molecule has 1 aromatic carbocycles. The van der Waals surface area contributed by atoms with Crippen LogP contribution in [-0.2, 0) is 4.74 Å². The van der Waals surface area contributed by atoms with Crippen LogP contribution >= 0.6 is 0 Å². The van der Waals surface area contributed by atoms with Crippen molar-refractivity contribution in [2.24, 2.45) is 0 Å².